The van der Waals surface area contributed by atoms with Gasteiger partial charge in [0.15, 0.2) is 5.71 Å². The van der Waals surface area contributed by atoms with Crippen molar-refractivity contribution in [3.8, 4) is 11.5 Å². The van der Waals surface area contributed by atoms with Crippen molar-refractivity contribution in [1.82, 2.24) is 0 Å². The molecule has 0 unspecified atom stereocenters. The van der Waals surface area contributed by atoms with Gasteiger partial charge in [0.05, 0.1) is 5.56 Å². The fraction of sp³-hybridized carbons (Fsp3) is 0.192. The number of hydrogen-bond donors (Lipinski definition) is 1. The Kier molecular flexibility index (Phi) is 7.79. The lowest BCUT2D eigenvalue weighted by Gasteiger charge is -2.13. The van der Waals surface area contributed by atoms with Crippen molar-refractivity contribution >= 4 is 29.0 Å². The van der Waals surface area contributed by atoms with Gasteiger partial charge in [-0.3, -0.25) is 14.6 Å². The topological polar surface area (TPSA) is 81.8 Å². The maximum absolute atomic E-state index is 13.2. The molecule has 6 heteroatoms. The Morgan fingerprint density at radius 1 is 0.969 bits per heavy atom. The van der Waals surface area contributed by atoms with Crippen LogP contribution >= 0.6 is 11.6 Å². The Hall–Kier alpha value is -3.44. The van der Waals surface area contributed by atoms with Gasteiger partial charge < -0.3 is 10.5 Å². The highest BCUT2D eigenvalue weighted by Crippen LogP contribution is 2.28. The van der Waals surface area contributed by atoms with E-state index in [0.29, 0.717) is 35.1 Å². The number of primary amides is 1. The van der Waals surface area contributed by atoms with E-state index in [1.165, 1.54) is 0 Å². The third kappa shape index (κ3) is 6.05. The summed E-state index contributed by atoms with van der Waals surface area (Å²) < 4.78 is 5.95. The number of carbonyl (C=O) groups is 2. The summed E-state index contributed by atoms with van der Waals surface area (Å²) in [4.78, 5) is 29.5. The van der Waals surface area contributed by atoms with Crippen LogP contribution in [0.5, 0.6) is 11.5 Å². The number of ether oxygens (including phenoxy) is 1. The minimum absolute atomic E-state index is 0.274. The van der Waals surface area contributed by atoms with Crippen LogP contribution in [0.25, 0.3) is 0 Å². The molecule has 0 aliphatic carbocycles. The predicted molar refractivity (Wildman–Crippen MR) is 128 cm³/mol. The monoisotopic (exact) mass is 448 g/mol. The molecule has 1 amide bonds. The van der Waals surface area contributed by atoms with Gasteiger partial charge in [-0.15, -0.1) is 0 Å². The number of halogens is 1. The van der Waals surface area contributed by atoms with E-state index in [9.17, 15) is 9.59 Å². The first-order valence-corrected chi connectivity index (χ1v) is 10.7. The summed E-state index contributed by atoms with van der Waals surface area (Å²) in [5, 5.41) is 0.676. The Morgan fingerprint density at radius 2 is 1.66 bits per heavy atom. The Labute approximate surface area is 192 Å². The standard InChI is InChI=1S/C26H25ClN2O3/c1-17-8-14-21(15-9-17)32-22-7-3-5-18(2)23(22)25(30)24(26(28)31)29-16-4-6-19-10-12-20(27)13-11-19/h3,5,7-15H,4,6,16H2,1-2H3,(H2,28,31). The molecular formula is C26H25ClN2O3. The van der Waals surface area contributed by atoms with Crippen LogP contribution in [0.2, 0.25) is 5.02 Å². The van der Waals surface area contributed by atoms with Crippen LogP contribution in [-0.4, -0.2) is 23.9 Å². The molecular weight excluding hydrogens is 424 g/mol. The van der Waals surface area contributed by atoms with Crippen LogP contribution in [0, 0.1) is 13.8 Å². The van der Waals surface area contributed by atoms with Gasteiger partial charge >= 0.3 is 0 Å². The van der Waals surface area contributed by atoms with E-state index in [4.69, 9.17) is 22.1 Å². The highest BCUT2D eigenvalue weighted by Gasteiger charge is 2.24. The second-order valence-electron chi connectivity index (χ2n) is 7.52. The molecule has 0 saturated carbocycles. The summed E-state index contributed by atoms with van der Waals surface area (Å²) >= 11 is 5.90. The summed E-state index contributed by atoms with van der Waals surface area (Å²) in [7, 11) is 0. The molecule has 0 bridgehead atoms. The van der Waals surface area contributed by atoms with Crippen molar-refractivity contribution in [3.63, 3.8) is 0 Å². The van der Waals surface area contributed by atoms with Gasteiger partial charge in [-0.2, -0.15) is 0 Å². The molecule has 0 aromatic heterocycles. The first kappa shape index (κ1) is 23.2. The van der Waals surface area contributed by atoms with Crippen molar-refractivity contribution in [2.24, 2.45) is 10.7 Å². The molecule has 0 aliphatic heterocycles. The van der Waals surface area contributed by atoms with Gasteiger partial charge in [0.1, 0.15) is 11.5 Å². The van der Waals surface area contributed by atoms with Crippen LogP contribution in [0.1, 0.15) is 33.5 Å². The molecule has 0 aliphatic rings. The zero-order valence-corrected chi connectivity index (χ0v) is 18.9. The summed E-state index contributed by atoms with van der Waals surface area (Å²) in [5.74, 6) is -0.444. The number of Topliss-reactive ketones (excluding diaryl/α,β-unsaturated/α-hetero) is 1. The van der Waals surface area contributed by atoms with Crippen molar-refractivity contribution in [1.29, 1.82) is 0 Å². The molecule has 0 atom stereocenters. The smallest absolute Gasteiger partial charge is 0.270 e. The highest BCUT2D eigenvalue weighted by molar-refractivity contribution is 6.68. The minimum Gasteiger partial charge on any atom is -0.457 e. The van der Waals surface area contributed by atoms with Crippen LogP contribution in [0.15, 0.2) is 71.7 Å². The Balaban J connectivity index is 1.79. The third-order valence-corrected chi connectivity index (χ3v) is 5.22. The zero-order chi connectivity index (χ0) is 23.1. The van der Waals surface area contributed by atoms with Crippen LogP contribution in [0.4, 0.5) is 0 Å². The molecule has 3 aromatic rings. The van der Waals surface area contributed by atoms with Gasteiger partial charge in [0.25, 0.3) is 5.91 Å². The minimum atomic E-state index is -0.856. The highest BCUT2D eigenvalue weighted by atomic mass is 35.5. The molecule has 0 fully saturated rings. The SMILES string of the molecule is Cc1ccc(Oc2cccc(C)c2C(=O)C(=NCCCc2ccc(Cl)cc2)C(N)=O)cc1. The molecule has 0 heterocycles. The quantitative estimate of drug-likeness (QED) is 0.203. The molecule has 164 valence electrons. The Bertz CT molecular complexity index is 1140. The van der Waals surface area contributed by atoms with Crippen LogP contribution in [0.3, 0.4) is 0 Å². The van der Waals surface area contributed by atoms with E-state index in [1.54, 1.807) is 25.1 Å². The van der Waals surface area contributed by atoms with Gasteiger partial charge in [0.2, 0.25) is 5.78 Å². The third-order valence-electron chi connectivity index (χ3n) is 4.97. The summed E-state index contributed by atoms with van der Waals surface area (Å²) in [6, 6.07) is 20.3. The zero-order valence-electron chi connectivity index (χ0n) is 18.1. The maximum atomic E-state index is 13.2. The number of hydrogen-bond acceptors (Lipinski definition) is 4. The lowest BCUT2D eigenvalue weighted by Crippen LogP contribution is -2.32. The average molecular weight is 449 g/mol. The molecule has 32 heavy (non-hydrogen) atoms. The lowest BCUT2D eigenvalue weighted by molar-refractivity contribution is -0.111. The van der Waals surface area contributed by atoms with E-state index in [2.05, 4.69) is 4.99 Å². The number of amides is 1. The van der Waals surface area contributed by atoms with Gasteiger partial charge in [-0.1, -0.05) is 53.6 Å². The fourth-order valence-corrected chi connectivity index (χ4v) is 3.38. The summed E-state index contributed by atoms with van der Waals surface area (Å²) in [6.07, 6.45) is 1.40. The van der Waals surface area contributed by atoms with Crippen molar-refractivity contribution < 1.29 is 14.3 Å². The maximum Gasteiger partial charge on any atom is 0.270 e. The fourth-order valence-electron chi connectivity index (χ4n) is 3.26. The van der Waals surface area contributed by atoms with E-state index < -0.39 is 11.7 Å². The molecule has 2 N–H and O–H groups in total. The van der Waals surface area contributed by atoms with E-state index in [1.807, 2.05) is 55.5 Å². The van der Waals surface area contributed by atoms with Crippen LogP contribution in [-0.2, 0) is 11.2 Å². The van der Waals surface area contributed by atoms with Gasteiger partial charge in [0, 0.05) is 11.6 Å². The average Bonchev–Trinajstić information content (AvgIpc) is 2.76. The van der Waals surface area contributed by atoms with Crippen molar-refractivity contribution in [2.45, 2.75) is 26.7 Å². The second kappa shape index (κ2) is 10.7. The van der Waals surface area contributed by atoms with Crippen molar-refractivity contribution in [3.05, 3.63) is 94.0 Å². The van der Waals surface area contributed by atoms with E-state index >= 15 is 0 Å². The first-order valence-electron chi connectivity index (χ1n) is 10.3. The number of benzene rings is 3. The number of carbonyl (C=O) groups excluding carboxylic acids is 2. The largest absolute Gasteiger partial charge is 0.457 e. The summed E-state index contributed by atoms with van der Waals surface area (Å²) in [5.41, 5.74) is 8.39. The second-order valence-corrected chi connectivity index (χ2v) is 7.95. The number of ketones is 1. The molecule has 0 saturated heterocycles. The molecule has 3 aromatic carbocycles. The number of nitrogens with two attached hydrogens (primary N) is 1. The molecule has 0 spiro atoms. The van der Waals surface area contributed by atoms with Crippen molar-refractivity contribution in [2.75, 3.05) is 6.54 Å². The summed E-state index contributed by atoms with van der Waals surface area (Å²) in [6.45, 7) is 4.06. The van der Waals surface area contributed by atoms with E-state index in [-0.39, 0.29) is 11.3 Å². The Morgan fingerprint density at radius 3 is 2.31 bits per heavy atom. The lowest BCUT2D eigenvalue weighted by atomic mass is 9.99. The number of aryl methyl sites for hydroxylation is 3. The molecule has 5 nitrogen and oxygen atoms in total. The number of aliphatic imine (C=N–C) groups is 1. The predicted octanol–water partition coefficient (Wildman–Crippen LogP) is 5.49. The normalized spacial score (nSPS) is 11.3. The molecule has 0 radical (unpaired) electrons. The van der Waals surface area contributed by atoms with Crippen LogP contribution < -0.4 is 10.5 Å². The number of nitrogens with zero attached hydrogens (tertiary/aromatic N) is 1. The van der Waals surface area contributed by atoms with E-state index in [0.717, 1.165) is 17.5 Å². The first-order chi connectivity index (χ1) is 15.3. The van der Waals surface area contributed by atoms with Gasteiger partial charge in [-0.25, -0.2) is 0 Å². The molecule has 3 rings (SSSR count). The van der Waals surface area contributed by atoms with Gasteiger partial charge in [-0.05, 0) is 68.1 Å². The number of rotatable bonds is 9.